The van der Waals surface area contributed by atoms with E-state index in [2.05, 4.69) is 37.1 Å². The van der Waals surface area contributed by atoms with Crippen LogP contribution in [0.2, 0.25) is 0 Å². The minimum Gasteiger partial charge on any atom is -0.325 e. The normalized spacial score (nSPS) is 14.2. The van der Waals surface area contributed by atoms with E-state index >= 15 is 0 Å². The molecule has 2 heterocycles. The zero-order valence-corrected chi connectivity index (χ0v) is 18.1. The van der Waals surface area contributed by atoms with Crippen LogP contribution in [0.5, 0.6) is 0 Å². The molecule has 1 amide bonds. The quantitative estimate of drug-likeness (QED) is 0.558. The summed E-state index contributed by atoms with van der Waals surface area (Å²) in [5.74, 6) is 1.22. The summed E-state index contributed by atoms with van der Waals surface area (Å²) in [6, 6.07) is 18.1. The van der Waals surface area contributed by atoms with Gasteiger partial charge in [0, 0.05) is 5.69 Å². The second kappa shape index (κ2) is 9.91. The molecule has 1 aliphatic heterocycles. The highest BCUT2D eigenvalue weighted by molar-refractivity contribution is 7.99. The van der Waals surface area contributed by atoms with Gasteiger partial charge in [-0.1, -0.05) is 60.3 Å². The highest BCUT2D eigenvalue weighted by atomic mass is 32.2. The molecule has 6 nitrogen and oxygen atoms in total. The number of carbonyl (C=O) groups is 1. The Kier molecular flexibility index (Phi) is 6.81. The first kappa shape index (κ1) is 20.6. The van der Waals surface area contributed by atoms with Crippen molar-refractivity contribution in [3.8, 4) is 0 Å². The number of benzene rings is 2. The maximum atomic E-state index is 12.5. The van der Waals surface area contributed by atoms with E-state index in [4.69, 9.17) is 0 Å². The van der Waals surface area contributed by atoms with Gasteiger partial charge in [-0.25, -0.2) is 0 Å². The topological polar surface area (TPSA) is 63.1 Å². The van der Waals surface area contributed by atoms with E-state index in [-0.39, 0.29) is 5.91 Å². The maximum Gasteiger partial charge on any atom is 0.234 e. The molecule has 30 heavy (non-hydrogen) atoms. The van der Waals surface area contributed by atoms with E-state index < -0.39 is 0 Å². The van der Waals surface area contributed by atoms with Gasteiger partial charge >= 0.3 is 0 Å². The zero-order valence-electron chi connectivity index (χ0n) is 17.3. The molecule has 1 saturated heterocycles. The van der Waals surface area contributed by atoms with Crippen LogP contribution < -0.4 is 5.32 Å². The van der Waals surface area contributed by atoms with Gasteiger partial charge in [0.1, 0.15) is 5.82 Å². The van der Waals surface area contributed by atoms with Crippen LogP contribution in [0.25, 0.3) is 0 Å². The van der Waals surface area contributed by atoms with Crippen LogP contribution in [0.3, 0.4) is 0 Å². The first-order chi connectivity index (χ1) is 14.7. The number of nitrogens with one attached hydrogen (secondary N) is 1. The smallest absolute Gasteiger partial charge is 0.234 e. The Morgan fingerprint density at radius 3 is 2.50 bits per heavy atom. The number of rotatable bonds is 8. The second-order valence-corrected chi connectivity index (χ2v) is 8.55. The van der Waals surface area contributed by atoms with Crippen molar-refractivity contribution >= 4 is 23.4 Å². The molecule has 0 atom stereocenters. The number of hydrogen-bond acceptors (Lipinski definition) is 5. The maximum absolute atomic E-state index is 12.5. The highest BCUT2D eigenvalue weighted by Crippen LogP contribution is 2.22. The largest absolute Gasteiger partial charge is 0.325 e. The predicted molar refractivity (Wildman–Crippen MR) is 121 cm³/mol. The SMILES string of the molecule is Cc1ccccc1NC(=O)CSc1nnc(CN2CCCC2)n1Cc1ccccc1. The van der Waals surface area contributed by atoms with Crippen LogP contribution in [0.1, 0.15) is 29.8 Å². The summed E-state index contributed by atoms with van der Waals surface area (Å²) in [6.07, 6.45) is 2.49. The number of anilines is 1. The van der Waals surface area contributed by atoms with Crippen LogP contribution in [-0.2, 0) is 17.9 Å². The van der Waals surface area contributed by atoms with Crippen molar-refractivity contribution in [2.75, 3.05) is 24.2 Å². The Morgan fingerprint density at radius 1 is 1.00 bits per heavy atom. The monoisotopic (exact) mass is 421 g/mol. The van der Waals surface area contributed by atoms with Gasteiger partial charge in [-0.2, -0.15) is 0 Å². The lowest BCUT2D eigenvalue weighted by molar-refractivity contribution is -0.113. The number of nitrogens with zero attached hydrogens (tertiary/aromatic N) is 4. The van der Waals surface area contributed by atoms with Crippen molar-refractivity contribution in [3.63, 3.8) is 0 Å². The van der Waals surface area contributed by atoms with Crippen molar-refractivity contribution in [3.05, 3.63) is 71.5 Å². The molecule has 0 bridgehead atoms. The molecule has 0 unspecified atom stereocenters. The summed E-state index contributed by atoms with van der Waals surface area (Å²) < 4.78 is 2.15. The molecule has 0 spiro atoms. The van der Waals surface area contributed by atoms with Crippen LogP contribution >= 0.6 is 11.8 Å². The van der Waals surface area contributed by atoms with Gasteiger partial charge in [-0.05, 0) is 50.0 Å². The predicted octanol–water partition coefficient (Wildman–Crippen LogP) is 3.96. The van der Waals surface area contributed by atoms with Gasteiger partial charge in [0.05, 0.1) is 18.8 Å². The van der Waals surface area contributed by atoms with Gasteiger partial charge in [0.2, 0.25) is 5.91 Å². The molecular formula is C23H27N5OS. The second-order valence-electron chi connectivity index (χ2n) is 7.61. The third-order valence-electron chi connectivity index (χ3n) is 5.29. The summed E-state index contributed by atoms with van der Waals surface area (Å²) in [4.78, 5) is 14.9. The Morgan fingerprint density at radius 2 is 1.73 bits per heavy atom. The van der Waals surface area contributed by atoms with E-state index in [0.717, 1.165) is 41.9 Å². The number of amides is 1. The summed E-state index contributed by atoms with van der Waals surface area (Å²) in [7, 11) is 0. The van der Waals surface area contributed by atoms with Crippen LogP contribution in [0.4, 0.5) is 5.69 Å². The number of aryl methyl sites for hydroxylation is 1. The highest BCUT2D eigenvalue weighted by Gasteiger charge is 2.19. The van der Waals surface area contributed by atoms with Crippen molar-refractivity contribution < 1.29 is 4.79 Å². The number of carbonyl (C=O) groups excluding carboxylic acids is 1. The van der Waals surface area contributed by atoms with Crippen LogP contribution in [0.15, 0.2) is 59.8 Å². The first-order valence-electron chi connectivity index (χ1n) is 10.4. The van der Waals surface area contributed by atoms with E-state index in [0.29, 0.717) is 12.3 Å². The minimum atomic E-state index is -0.0374. The molecule has 2 aromatic carbocycles. The van der Waals surface area contributed by atoms with Crippen molar-refractivity contribution in [2.24, 2.45) is 0 Å². The molecule has 4 rings (SSSR count). The molecule has 0 radical (unpaired) electrons. The van der Waals surface area contributed by atoms with Gasteiger partial charge < -0.3 is 9.88 Å². The first-order valence-corrected chi connectivity index (χ1v) is 11.3. The summed E-state index contributed by atoms with van der Waals surface area (Å²) in [6.45, 7) is 5.72. The lowest BCUT2D eigenvalue weighted by Gasteiger charge is -2.16. The average molecular weight is 422 g/mol. The van der Waals surface area contributed by atoms with Crippen molar-refractivity contribution in [2.45, 2.75) is 38.0 Å². The number of thioether (sulfide) groups is 1. The van der Waals surface area contributed by atoms with Crippen LogP contribution in [-0.4, -0.2) is 44.4 Å². The third kappa shape index (κ3) is 5.29. The molecule has 1 fully saturated rings. The zero-order chi connectivity index (χ0) is 20.8. The molecule has 3 aromatic rings. The average Bonchev–Trinajstić information content (AvgIpc) is 3.40. The molecule has 7 heteroatoms. The molecule has 1 aromatic heterocycles. The Bertz CT molecular complexity index is 982. The summed E-state index contributed by atoms with van der Waals surface area (Å²) >= 11 is 1.44. The Balaban J connectivity index is 1.46. The number of likely N-dealkylation sites (tertiary alicyclic amines) is 1. The molecule has 156 valence electrons. The minimum absolute atomic E-state index is 0.0374. The van der Waals surface area contributed by atoms with E-state index in [1.54, 1.807) is 0 Å². The van der Waals surface area contributed by atoms with Crippen molar-refractivity contribution in [1.82, 2.24) is 19.7 Å². The summed E-state index contributed by atoms with van der Waals surface area (Å²) in [5, 5.41) is 12.7. The van der Waals surface area contributed by atoms with Gasteiger partial charge in [-0.15, -0.1) is 10.2 Å². The lowest BCUT2D eigenvalue weighted by Crippen LogP contribution is -2.22. The molecule has 1 N–H and O–H groups in total. The van der Waals surface area contributed by atoms with Crippen molar-refractivity contribution in [1.29, 1.82) is 0 Å². The Hall–Kier alpha value is -2.64. The molecule has 1 aliphatic rings. The standard InChI is InChI=1S/C23H27N5OS/c1-18-9-5-6-12-20(18)24-22(29)17-30-23-26-25-21(16-27-13-7-8-14-27)28(23)15-19-10-3-2-4-11-19/h2-6,9-12H,7-8,13-17H2,1H3,(H,24,29). The van der Waals surface area contributed by atoms with Crippen LogP contribution in [0, 0.1) is 6.92 Å². The Labute approximate surface area is 181 Å². The van der Waals surface area contributed by atoms with E-state index in [9.17, 15) is 4.79 Å². The molecule has 0 saturated carbocycles. The van der Waals surface area contributed by atoms with E-state index in [1.165, 1.54) is 30.2 Å². The lowest BCUT2D eigenvalue weighted by atomic mass is 10.2. The van der Waals surface area contributed by atoms with Gasteiger partial charge in [0.25, 0.3) is 0 Å². The molecular weight excluding hydrogens is 394 g/mol. The fraction of sp³-hybridized carbons (Fsp3) is 0.348. The number of aromatic nitrogens is 3. The fourth-order valence-corrected chi connectivity index (χ4v) is 4.39. The number of para-hydroxylation sites is 1. The van der Waals surface area contributed by atoms with Gasteiger partial charge in [-0.3, -0.25) is 9.69 Å². The molecule has 0 aliphatic carbocycles. The number of hydrogen-bond donors (Lipinski definition) is 1. The van der Waals surface area contributed by atoms with E-state index in [1.807, 2.05) is 49.4 Å². The van der Waals surface area contributed by atoms with Gasteiger partial charge in [0.15, 0.2) is 5.16 Å². The fourth-order valence-electron chi connectivity index (χ4n) is 3.64. The summed E-state index contributed by atoms with van der Waals surface area (Å²) in [5.41, 5.74) is 3.10. The third-order valence-corrected chi connectivity index (χ3v) is 6.26.